The zero-order valence-electron chi connectivity index (χ0n) is 30.6. The summed E-state index contributed by atoms with van der Waals surface area (Å²) in [7, 11) is -2.54. The van der Waals surface area contributed by atoms with Crippen LogP contribution in [0.2, 0.25) is 0 Å². The summed E-state index contributed by atoms with van der Waals surface area (Å²) in [6, 6.07) is 38.3. The van der Waals surface area contributed by atoms with E-state index in [9.17, 15) is 18.0 Å². The van der Waals surface area contributed by atoms with Gasteiger partial charge in [0.1, 0.15) is 24.5 Å². The van der Waals surface area contributed by atoms with Crippen molar-refractivity contribution < 1.29 is 27.5 Å². The molecule has 0 bridgehead atoms. The van der Waals surface area contributed by atoms with Crippen LogP contribution in [-0.2, 0) is 32.8 Å². The molecule has 10 nitrogen and oxygen atoms in total. The maximum absolute atomic E-state index is 14.3. The van der Waals surface area contributed by atoms with Crippen molar-refractivity contribution in [2.24, 2.45) is 5.92 Å². The first-order valence-corrected chi connectivity index (χ1v) is 19.5. The monoisotopic (exact) mass is 746 g/mol. The van der Waals surface area contributed by atoms with Crippen molar-refractivity contribution in [3.8, 4) is 5.75 Å². The van der Waals surface area contributed by atoms with Crippen molar-refractivity contribution in [3.63, 3.8) is 0 Å². The number of nitrogens with two attached hydrogens (primary N) is 1. The number of likely N-dealkylation sites (N-methyl/N-ethyl adjacent to an activating group) is 1. The molecule has 0 aliphatic carbocycles. The van der Waals surface area contributed by atoms with Gasteiger partial charge in [-0.1, -0.05) is 78.4 Å². The lowest BCUT2D eigenvalue weighted by Crippen LogP contribution is -2.45. The molecular formula is C43H46N4O6S. The number of ether oxygens (including phenoxy) is 2. The van der Waals surface area contributed by atoms with Crippen LogP contribution in [0.5, 0.6) is 5.75 Å². The maximum Gasteiger partial charge on any atom is 0.342 e. The molecule has 1 fully saturated rings. The highest BCUT2D eigenvalue weighted by Gasteiger charge is 2.30. The smallest absolute Gasteiger partial charge is 0.342 e. The number of rotatable bonds is 14. The number of hydrogen-bond acceptors (Lipinski definition) is 8. The lowest BCUT2D eigenvalue weighted by atomic mass is 9.95. The second-order valence-electron chi connectivity index (χ2n) is 13.6. The average Bonchev–Trinajstić information content (AvgIpc) is 3.19. The van der Waals surface area contributed by atoms with Crippen LogP contribution in [0.1, 0.15) is 39.9 Å². The molecule has 0 spiro atoms. The number of esters is 1. The summed E-state index contributed by atoms with van der Waals surface area (Å²) >= 11 is 0. The Balaban J connectivity index is 1.28. The maximum atomic E-state index is 14.3. The molecule has 1 saturated heterocycles. The van der Waals surface area contributed by atoms with Gasteiger partial charge < -0.3 is 25.0 Å². The molecule has 11 heteroatoms. The van der Waals surface area contributed by atoms with Crippen LogP contribution < -0.4 is 20.3 Å². The molecule has 0 saturated carbocycles. The zero-order chi connectivity index (χ0) is 38.1. The van der Waals surface area contributed by atoms with Crippen molar-refractivity contribution in [1.82, 2.24) is 4.31 Å². The number of sulfonamides is 1. The number of anilines is 3. The molecule has 5 aromatic rings. The topological polar surface area (TPSA) is 122 Å². The highest BCUT2D eigenvalue weighted by molar-refractivity contribution is 7.89. The Labute approximate surface area is 317 Å². The first kappa shape index (κ1) is 38.1. The first-order valence-electron chi connectivity index (χ1n) is 18.0. The number of nitrogens with zero attached hydrogens (tertiary/aromatic N) is 3. The van der Waals surface area contributed by atoms with E-state index in [1.165, 1.54) is 7.05 Å². The van der Waals surface area contributed by atoms with Crippen molar-refractivity contribution in [1.29, 1.82) is 0 Å². The summed E-state index contributed by atoms with van der Waals surface area (Å²) in [6.45, 7) is 3.68. The van der Waals surface area contributed by atoms with Crippen LogP contribution in [0.3, 0.4) is 0 Å². The summed E-state index contributed by atoms with van der Waals surface area (Å²) in [5, 5.41) is 0. The fourth-order valence-corrected chi connectivity index (χ4v) is 7.54. The molecule has 1 aliphatic rings. The Morgan fingerprint density at radius 2 is 1.41 bits per heavy atom. The molecule has 2 N–H and O–H groups in total. The van der Waals surface area contributed by atoms with Gasteiger partial charge in [0.05, 0.1) is 11.4 Å². The van der Waals surface area contributed by atoms with E-state index in [2.05, 4.69) is 4.90 Å². The van der Waals surface area contributed by atoms with Gasteiger partial charge in [-0.3, -0.25) is 4.79 Å². The van der Waals surface area contributed by atoms with Gasteiger partial charge in [-0.2, -0.15) is 4.31 Å². The molecule has 1 aliphatic heterocycles. The number of nitrogen functional groups attached to an aromatic ring is 1. The second kappa shape index (κ2) is 17.5. The normalized spacial score (nSPS) is 13.4. The highest BCUT2D eigenvalue weighted by Crippen LogP contribution is 2.31. The molecule has 5 aromatic carbocycles. The minimum absolute atomic E-state index is 0.0843. The molecule has 0 unspecified atom stereocenters. The fraction of sp³-hybridized carbons (Fsp3) is 0.256. The molecule has 54 heavy (non-hydrogen) atoms. The molecule has 280 valence electrons. The predicted molar refractivity (Wildman–Crippen MR) is 212 cm³/mol. The number of hydrogen-bond donors (Lipinski definition) is 1. The zero-order valence-corrected chi connectivity index (χ0v) is 31.5. The third-order valence-corrected chi connectivity index (χ3v) is 11.5. The lowest BCUT2D eigenvalue weighted by Gasteiger charge is -2.36. The van der Waals surface area contributed by atoms with Crippen molar-refractivity contribution in [2.45, 2.75) is 37.9 Å². The van der Waals surface area contributed by atoms with Crippen LogP contribution in [0.15, 0.2) is 132 Å². The molecule has 1 amide bonds. The number of amides is 1. The Morgan fingerprint density at radius 3 is 2.04 bits per heavy atom. The predicted octanol–water partition coefficient (Wildman–Crippen LogP) is 7.08. The van der Waals surface area contributed by atoms with Gasteiger partial charge in [-0.15, -0.1) is 0 Å². The molecular weight excluding hydrogens is 701 g/mol. The van der Waals surface area contributed by atoms with Gasteiger partial charge >= 0.3 is 5.97 Å². The van der Waals surface area contributed by atoms with Gasteiger partial charge in [0.2, 0.25) is 15.9 Å². The number of piperidine rings is 1. The van der Waals surface area contributed by atoms with Crippen LogP contribution in [0, 0.1) is 12.8 Å². The Morgan fingerprint density at radius 1 is 0.796 bits per heavy atom. The van der Waals surface area contributed by atoms with Crippen molar-refractivity contribution in [3.05, 3.63) is 150 Å². The SMILES string of the molecule is Cc1ccc(S(=O)(=O)N(C)CC(=O)N(CC2CCN(c3ccc(N)cc3)CC2)c2ccc(C(=O)OCc3ccccc3)c(OCc3ccccc3)c2)cc1. The Hall–Kier alpha value is -5.65. The van der Waals surface area contributed by atoms with E-state index in [0.29, 0.717) is 17.9 Å². The minimum atomic E-state index is -3.95. The van der Waals surface area contributed by atoms with E-state index in [4.69, 9.17) is 15.2 Å². The van der Waals surface area contributed by atoms with Gasteiger partial charge in [0.25, 0.3) is 0 Å². The van der Waals surface area contributed by atoms with Gasteiger partial charge in [0, 0.05) is 49.8 Å². The van der Waals surface area contributed by atoms with Crippen molar-refractivity contribution in [2.75, 3.05) is 48.8 Å². The Bertz CT molecular complexity index is 2120. The first-order chi connectivity index (χ1) is 26.1. The summed E-state index contributed by atoms with van der Waals surface area (Å²) in [5.74, 6) is -0.582. The van der Waals surface area contributed by atoms with E-state index in [0.717, 1.165) is 52.6 Å². The fourth-order valence-electron chi connectivity index (χ4n) is 6.42. The van der Waals surface area contributed by atoms with Crippen LogP contribution >= 0.6 is 0 Å². The van der Waals surface area contributed by atoms with Crippen LogP contribution in [0.4, 0.5) is 17.1 Å². The van der Waals surface area contributed by atoms with Gasteiger partial charge in [0.15, 0.2) is 0 Å². The molecule has 1 heterocycles. The standard InChI is InChI=1S/C43H46N4O6S/c1-32-13-20-39(21-14-32)54(50,51)45(2)29-42(48)47(28-33-23-25-46(26-24-33)37-17-15-36(44)16-18-37)38-19-22-40(43(49)53-31-35-11-7-4-8-12-35)41(27-38)52-30-34-9-5-3-6-10-34/h3-22,27,33H,23-26,28-31,44H2,1-2H3. The summed E-state index contributed by atoms with van der Waals surface area (Å²) in [6.07, 6.45) is 1.62. The van der Waals surface area contributed by atoms with Crippen molar-refractivity contribution >= 4 is 39.0 Å². The average molecular weight is 747 g/mol. The third kappa shape index (κ3) is 9.66. The van der Waals surface area contributed by atoms with Gasteiger partial charge in [-0.05, 0) is 85.3 Å². The Kier molecular flexibility index (Phi) is 12.3. The van der Waals surface area contributed by atoms with Gasteiger partial charge in [-0.25, -0.2) is 13.2 Å². The van der Waals surface area contributed by atoms with E-state index in [1.54, 1.807) is 47.4 Å². The summed E-state index contributed by atoms with van der Waals surface area (Å²) in [4.78, 5) is 31.8. The highest BCUT2D eigenvalue weighted by atomic mass is 32.2. The van der Waals surface area contributed by atoms with E-state index >= 15 is 0 Å². The lowest BCUT2D eigenvalue weighted by molar-refractivity contribution is -0.118. The molecule has 0 aromatic heterocycles. The number of aryl methyl sites for hydroxylation is 1. The summed E-state index contributed by atoms with van der Waals surface area (Å²) in [5.41, 5.74) is 11.1. The molecule has 6 rings (SSSR count). The molecule has 0 radical (unpaired) electrons. The second-order valence-corrected chi connectivity index (χ2v) is 15.7. The quantitative estimate of drug-likeness (QED) is 0.0945. The molecule has 0 atom stereocenters. The number of carbonyl (C=O) groups is 2. The minimum Gasteiger partial charge on any atom is -0.488 e. The van der Waals surface area contributed by atoms with Crippen LogP contribution in [0.25, 0.3) is 0 Å². The van der Waals surface area contributed by atoms with E-state index < -0.39 is 21.9 Å². The largest absolute Gasteiger partial charge is 0.488 e. The number of carbonyl (C=O) groups excluding carboxylic acids is 2. The van der Waals surface area contributed by atoms with E-state index in [-0.39, 0.29) is 41.9 Å². The van der Waals surface area contributed by atoms with Crippen LogP contribution in [-0.4, -0.2) is 57.8 Å². The van der Waals surface area contributed by atoms with E-state index in [1.807, 2.05) is 91.9 Å². The number of benzene rings is 5. The summed E-state index contributed by atoms with van der Waals surface area (Å²) < 4.78 is 40.1. The third-order valence-electron chi connectivity index (χ3n) is 9.65.